The number of benzene rings is 1. The van der Waals surface area contributed by atoms with Crippen molar-refractivity contribution in [2.24, 2.45) is 0 Å². The normalized spacial score (nSPS) is 10.7. The van der Waals surface area contributed by atoms with E-state index in [-0.39, 0.29) is 0 Å². The molecule has 3 rings (SSSR count). The van der Waals surface area contributed by atoms with Crippen LogP contribution in [0.2, 0.25) is 0 Å². The lowest BCUT2D eigenvalue weighted by atomic mass is 10.1. The summed E-state index contributed by atoms with van der Waals surface area (Å²) in [6.45, 7) is 2.65. The summed E-state index contributed by atoms with van der Waals surface area (Å²) in [5.41, 5.74) is 3.96. The van der Waals surface area contributed by atoms with Gasteiger partial charge in [-0.3, -0.25) is 4.98 Å². The molecule has 0 aliphatic carbocycles. The Bertz CT molecular complexity index is 738. The van der Waals surface area contributed by atoms with Crippen LogP contribution in [-0.2, 0) is 6.54 Å². The van der Waals surface area contributed by atoms with Crippen LogP contribution in [0.25, 0.3) is 10.9 Å². The van der Waals surface area contributed by atoms with Gasteiger partial charge < -0.3 is 5.32 Å². The number of hydrogen-bond acceptors (Lipinski definition) is 3. The van der Waals surface area contributed by atoms with Gasteiger partial charge in [-0.2, -0.15) is 4.39 Å². The number of halogens is 1. The second-order valence-corrected chi connectivity index (χ2v) is 4.70. The van der Waals surface area contributed by atoms with Gasteiger partial charge in [0.25, 0.3) is 0 Å². The van der Waals surface area contributed by atoms with Crippen molar-refractivity contribution in [3.05, 3.63) is 65.9 Å². The molecule has 100 valence electrons. The van der Waals surface area contributed by atoms with Gasteiger partial charge in [-0.15, -0.1) is 0 Å². The molecule has 3 aromatic rings. The predicted molar refractivity (Wildman–Crippen MR) is 78.0 cm³/mol. The minimum atomic E-state index is -0.470. The number of rotatable bonds is 3. The van der Waals surface area contributed by atoms with Gasteiger partial charge in [0.15, 0.2) is 0 Å². The molecule has 20 heavy (non-hydrogen) atoms. The maximum absolute atomic E-state index is 12.7. The monoisotopic (exact) mass is 267 g/mol. The molecule has 0 spiro atoms. The van der Waals surface area contributed by atoms with Crippen LogP contribution in [0.4, 0.5) is 10.1 Å². The largest absolute Gasteiger partial charge is 0.380 e. The third-order valence-corrected chi connectivity index (χ3v) is 3.12. The molecule has 4 heteroatoms. The Kier molecular flexibility index (Phi) is 3.29. The molecule has 0 fully saturated rings. The first-order chi connectivity index (χ1) is 9.70. The van der Waals surface area contributed by atoms with E-state index in [1.54, 1.807) is 6.07 Å². The summed E-state index contributed by atoms with van der Waals surface area (Å²) < 4.78 is 12.7. The Hall–Kier alpha value is -2.49. The fraction of sp³-hybridized carbons (Fsp3) is 0.125. The molecular weight excluding hydrogens is 253 g/mol. The van der Waals surface area contributed by atoms with E-state index in [1.807, 2.05) is 25.1 Å². The molecule has 0 atom stereocenters. The van der Waals surface area contributed by atoms with Crippen LogP contribution in [0.15, 0.2) is 48.7 Å². The Morgan fingerprint density at radius 2 is 2.00 bits per heavy atom. The molecule has 0 amide bonds. The molecule has 2 heterocycles. The van der Waals surface area contributed by atoms with Crippen molar-refractivity contribution in [2.75, 3.05) is 5.32 Å². The molecule has 0 saturated carbocycles. The van der Waals surface area contributed by atoms with Crippen molar-refractivity contribution in [1.29, 1.82) is 0 Å². The Morgan fingerprint density at radius 3 is 2.80 bits per heavy atom. The average molecular weight is 267 g/mol. The lowest BCUT2D eigenvalue weighted by Crippen LogP contribution is -2.00. The van der Waals surface area contributed by atoms with E-state index in [0.717, 1.165) is 27.8 Å². The van der Waals surface area contributed by atoms with Crippen LogP contribution < -0.4 is 5.32 Å². The molecule has 2 aromatic heterocycles. The van der Waals surface area contributed by atoms with E-state index in [9.17, 15) is 4.39 Å². The molecule has 0 saturated heterocycles. The van der Waals surface area contributed by atoms with E-state index < -0.39 is 5.95 Å². The lowest BCUT2D eigenvalue weighted by molar-refractivity contribution is 0.584. The number of hydrogen-bond donors (Lipinski definition) is 1. The van der Waals surface area contributed by atoms with Gasteiger partial charge in [0.2, 0.25) is 5.95 Å². The fourth-order valence-corrected chi connectivity index (χ4v) is 2.07. The first-order valence-corrected chi connectivity index (χ1v) is 6.42. The Balaban J connectivity index is 1.77. The van der Waals surface area contributed by atoms with Crippen LogP contribution in [0.5, 0.6) is 0 Å². The van der Waals surface area contributed by atoms with Crippen molar-refractivity contribution in [3.63, 3.8) is 0 Å². The zero-order valence-electron chi connectivity index (χ0n) is 11.1. The number of anilines is 1. The average Bonchev–Trinajstić information content (AvgIpc) is 2.46. The summed E-state index contributed by atoms with van der Waals surface area (Å²) in [4.78, 5) is 8.08. The van der Waals surface area contributed by atoms with Crippen molar-refractivity contribution in [1.82, 2.24) is 9.97 Å². The Morgan fingerprint density at radius 1 is 1.10 bits per heavy atom. The van der Waals surface area contributed by atoms with Gasteiger partial charge in [0.05, 0.1) is 17.4 Å². The van der Waals surface area contributed by atoms with Gasteiger partial charge in [0.1, 0.15) is 0 Å². The zero-order valence-corrected chi connectivity index (χ0v) is 11.1. The first kappa shape index (κ1) is 12.5. The summed E-state index contributed by atoms with van der Waals surface area (Å²) in [6, 6.07) is 13.3. The van der Waals surface area contributed by atoms with E-state index in [4.69, 9.17) is 0 Å². The van der Waals surface area contributed by atoms with Crippen molar-refractivity contribution >= 4 is 16.6 Å². The number of aromatic nitrogens is 2. The summed E-state index contributed by atoms with van der Waals surface area (Å²) in [5, 5.41) is 4.33. The van der Waals surface area contributed by atoms with E-state index in [0.29, 0.717) is 6.54 Å². The molecule has 1 aromatic carbocycles. The summed E-state index contributed by atoms with van der Waals surface area (Å²) in [5.74, 6) is -0.470. The molecular formula is C16H14FN3. The SMILES string of the molecule is Cc1ccc2cc(CNc3ccc(F)nc3)ccc2n1. The number of aryl methyl sites for hydroxylation is 1. The second kappa shape index (κ2) is 5.25. The molecule has 0 unspecified atom stereocenters. The van der Waals surface area contributed by atoms with Gasteiger partial charge >= 0.3 is 0 Å². The maximum Gasteiger partial charge on any atom is 0.212 e. The minimum Gasteiger partial charge on any atom is -0.380 e. The molecule has 1 N–H and O–H groups in total. The quantitative estimate of drug-likeness (QED) is 0.735. The van der Waals surface area contributed by atoms with Crippen molar-refractivity contribution in [3.8, 4) is 0 Å². The number of nitrogens with zero attached hydrogens (tertiary/aromatic N) is 2. The maximum atomic E-state index is 12.7. The van der Waals surface area contributed by atoms with Crippen molar-refractivity contribution < 1.29 is 4.39 Å². The fourth-order valence-electron chi connectivity index (χ4n) is 2.07. The highest BCUT2D eigenvalue weighted by Crippen LogP contribution is 2.16. The molecule has 0 radical (unpaired) electrons. The van der Waals surface area contributed by atoms with Gasteiger partial charge in [-0.1, -0.05) is 12.1 Å². The van der Waals surface area contributed by atoms with Gasteiger partial charge in [0, 0.05) is 17.6 Å². The number of fused-ring (bicyclic) bond motifs is 1. The van der Waals surface area contributed by atoms with E-state index >= 15 is 0 Å². The standard InChI is InChI=1S/C16H14FN3/c1-11-2-4-13-8-12(3-6-15(13)20-11)9-18-14-5-7-16(17)19-10-14/h2-8,10,18H,9H2,1H3. The predicted octanol–water partition coefficient (Wildman–Crippen LogP) is 3.69. The van der Waals surface area contributed by atoms with Crippen LogP contribution in [0.3, 0.4) is 0 Å². The minimum absolute atomic E-state index is 0.470. The summed E-state index contributed by atoms with van der Waals surface area (Å²) in [6.07, 6.45) is 1.49. The third kappa shape index (κ3) is 2.74. The smallest absolute Gasteiger partial charge is 0.212 e. The van der Waals surface area contributed by atoms with Crippen LogP contribution >= 0.6 is 0 Å². The van der Waals surface area contributed by atoms with Gasteiger partial charge in [-0.05, 0) is 42.8 Å². The van der Waals surface area contributed by atoms with E-state index in [2.05, 4.69) is 27.4 Å². The highest BCUT2D eigenvalue weighted by atomic mass is 19.1. The summed E-state index contributed by atoms with van der Waals surface area (Å²) in [7, 11) is 0. The van der Waals surface area contributed by atoms with Gasteiger partial charge in [-0.25, -0.2) is 4.98 Å². The number of nitrogens with one attached hydrogen (secondary N) is 1. The molecule has 0 aliphatic rings. The molecule has 0 aliphatic heterocycles. The molecule has 3 nitrogen and oxygen atoms in total. The summed E-state index contributed by atoms with van der Waals surface area (Å²) >= 11 is 0. The number of pyridine rings is 2. The molecule has 0 bridgehead atoms. The van der Waals surface area contributed by atoms with Crippen LogP contribution in [0.1, 0.15) is 11.3 Å². The third-order valence-electron chi connectivity index (χ3n) is 3.12. The highest BCUT2D eigenvalue weighted by molar-refractivity contribution is 5.79. The highest BCUT2D eigenvalue weighted by Gasteiger charge is 1.99. The van der Waals surface area contributed by atoms with Crippen molar-refractivity contribution in [2.45, 2.75) is 13.5 Å². The Labute approximate surface area is 116 Å². The van der Waals surface area contributed by atoms with E-state index in [1.165, 1.54) is 12.3 Å². The first-order valence-electron chi connectivity index (χ1n) is 6.42. The zero-order chi connectivity index (χ0) is 13.9. The lowest BCUT2D eigenvalue weighted by Gasteiger charge is -2.07. The van der Waals surface area contributed by atoms with Crippen LogP contribution in [-0.4, -0.2) is 9.97 Å². The van der Waals surface area contributed by atoms with Crippen LogP contribution in [0, 0.1) is 12.9 Å². The second-order valence-electron chi connectivity index (χ2n) is 4.70. The topological polar surface area (TPSA) is 37.8 Å².